The lowest BCUT2D eigenvalue weighted by Gasteiger charge is -2.16. The Kier molecular flexibility index (Phi) is 8.61. The lowest BCUT2D eigenvalue weighted by Crippen LogP contribution is -2.44. The minimum absolute atomic E-state index is 0.123. The van der Waals surface area contributed by atoms with E-state index in [1.54, 1.807) is 43.3 Å². The van der Waals surface area contributed by atoms with Gasteiger partial charge >= 0.3 is 0 Å². The van der Waals surface area contributed by atoms with Gasteiger partial charge in [0.25, 0.3) is 11.8 Å². The maximum absolute atomic E-state index is 12.0. The van der Waals surface area contributed by atoms with Gasteiger partial charge < -0.3 is 20.1 Å². The average molecular weight is 439 g/mol. The number of rotatable bonds is 9. The monoisotopic (exact) mass is 438 g/mol. The number of amides is 2. The molecule has 1 atom stereocenters. The Labute approximate surface area is 180 Å². The van der Waals surface area contributed by atoms with Crippen molar-refractivity contribution in [1.82, 2.24) is 10.6 Å². The van der Waals surface area contributed by atoms with Crippen molar-refractivity contribution in [2.45, 2.75) is 26.8 Å². The van der Waals surface area contributed by atoms with Crippen molar-refractivity contribution in [3.8, 4) is 11.5 Å². The molecule has 0 heterocycles. The molecular formula is C21H24Cl2N2O4. The Bertz CT molecular complexity index is 874. The van der Waals surface area contributed by atoms with Gasteiger partial charge in [-0.2, -0.15) is 0 Å². The fourth-order valence-corrected chi connectivity index (χ4v) is 2.97. The Morgan fingerprint density at radius 1 is 0.897 bits per heavy atom. The molecule has 0 saturated heterocycles. The Hall–Kier alpha value is -2.44. The first-order valence-corrected chi connectivity index (χ1v) is 9.84. The maximum Gasteiger partial charge on any atom is 0.258 e. The minimum atomic E-state index is -0.284. The summed E-state index contributed by atoms with van der Waals surface area (Å²) in [4.78, 5) is 24.0. The number of benzene rings is 2. The summed E-state index contributed by atoms with van der Waals surface area (Å²) in [6.07, 6.45) is 0. The first-order valence-electron chi connectivity index (χ1n) is 9.08. The molecule has 156 valence electrons. The van der Waals surface area contributed by atoms with Gasteiger partial charge in [0, 0.05) is 22.6 Å². The molecule has 8 heteroatoms. The molecule has 0 fully saturated rings. The molecule has 0 aliphatic rings. The number of hydrogen-bond acceptors (Lipinski definition) is 4. The molecule has 2 aromatic carbocycles. The zero-order valence-electron chi connectivity index (χ0n) is 16.6. The van der Waals surface area contributed by atoms with Crippen molar-refractivity contribution < 1.29 is 19.1 Å². The molecule has 6 nitrogen and oxygen atoms in total. The van der Waals surface area contributed by atoms with Crippen molar-refractivity contribution in [3.05, 3.63) is 57.6 Å². The van der Waals surface area contributed by atoms with Crippen LogP contribution in [0.3, 0.4) is 0 Å². The molecule has 0 spiro atoms. The molecule has 0 bridgehead atoms. The van der Waals surface area contributed by atoms with Crippen molar-refractivity contribution in [3.63, 3.8) is 0 Å². The largest absolute Gasteiger partial charge is 0.484 e. The van der Waals surface area contributed by atoms with Gasteiger partial charge in [0.05, 0.1) is 0 Å². The van der Waals surface area contributed by atoms with Crippen LogP contribution < -0.4 is 20.1 Å². The fourth-order valence-electron chi connectivity index (χ4n) is 2.52. The highest BCUT2D eigenvalue weighted by molar-refractivity contribution is 6.31. The molecule has 29 heavy (non-hydrogen) atoms. The molecular weight excluding hydrogens is 415 g/mol. The third-order valence-electron chi connectivity index (χ3n) is 4.00. The molecule has 2 rings (SSSR count). The average Bonchev–Trinajstić information content (AvgIpc) is 2.65. The normalized spacial score (nSPS) is 11.5. The summed E-state index contributed by atoms with van der Waals surface area (Å²) >= 11 is 11.8. The second-order valence-electron chi connectivity index (χ2n) is 6.67. The topological polar surface area (TPSA) is 76.7 Å². The molecule has 0 aliphatic heterocycles. The van der Waals surface area contributed by atoms with Crippen molar-refractivity contribution >= 4 is 35.0 Å². The van der Waals surface area contributed by atoms with Gasteiger partial charge in [-0.05, 0) is 68.3 Å². The lowest BCUT2D eigenvalue weighted by molar-refractivity contribution is -0.125. The van der Waals surface area contributed by atoms with Crippen LogP contribution in [0.1, 0.15) is 18.1 Å². The number of halogens is 2. The quantitative estimate of drug-likeness (QED) is 0.625. The predicted octanol–water partition coefficient (Wildman–Crippen LogP) is 3.69. The molecule has 0 aliphatic carbocycles. The molecule has 2 aromatic rings. The lowest BCUT2D eigenvalue weighted by atomic mass is 10.2. The van der Waals surface area contributed by atoms with E-state index in [1.165, 1.54) is 0 Å². The number of hydrogen-bond donors (Lipinski definition) is 2. The zero-order valence-corrected chi connectivity index (χ0v) is 18.1. The summed E-state index contributed by atoms with van der Waals surface area (Å²) in [6, 6.07) is 10.1. The van der Waals surface area contributed by atoms with Crippen LogP contribution in [-0.4, -0.2) is 37.6 Å². The molecule has 0 aromatic heterocycles. The first kappa shape index (κ1) is 22.8. The highest BCUT2D eigenvalue weighted by atomic mass is 35.5. The van der Waals surface area contributed by atoms with Crippen LogP contribution in [0.2, 0.25) is 10.0 Å². The summed E-state index contributed by atoms with van der Waals surface area (Å²) in [6.45, 7) is 5.51. The number of carbonyl (C=O) groups is 2. The molecule has 0 radical (unpaired) electrons. The van der Waals surface area contributed by atoms with Crippen molar-refractivity contribution in [2.75, 3.05) is 19.8 Å². The van der Waals surface area contributed by atoms with Gasteiger partial charge in [-0.15, -0.1) is 0 Å². The van der Waals surface area contributed by atoms with E-state index in [2.05, 4.69) is 10.6 Å². The second-order valence-corrected chi connectivity index (χ2v) is 7.54. The van der Waals surface area contributed by atoms with E-state index in [0.717, 1.165) is 11.1 Å². The summed E-state index contributed by atoms with van der Waals surface area (Å²) in [7, 11) is 0. The van der Waals surface area contributed by atoms with E-state index in [9.17, 15) is 9.59 Å². The smallest absolute Gasteiger partial charge is 0.258 e. The van der Waals surface area contributed by atoms with Crippen LogP contribution >= 0.6 is 23.2 Å². The van der Waals surface area contributed by atoms with E-state index in [0.29, 0.717) is 21.5 Å². The van der Waals surface area contributed by atoms with Gasteiger partial charge in [0.1, 0.15) is 11.5 Å². The first-order chi connectivity index (χ1) is 13.7. The second kappa shape index (κ2) is 10.9. The maximum atomic E-state index is 12.0. The highest BCUT2D eigenvalue weighted by Gasteiger charge is 2.11. The van der Waals surface area contributed by atoms with Crippen LogP contribution in [0.15, 0.2) is 36.4 Å². The minimum Gasteiger partial charge on any atom is -0.484 e. The Morgan fingerprint density at radius 2 is 1.38 bits per heavy atom. The third kappa shape index (κ3) is 7.83. The van der Waals surface area contributed by atoms with Crippen LogP contribution in [0.25, 0.3) is 0 Å². The summed E-state index contributed by atoms with van der Waals surface area (Å²) in [5.41, 5.74) is 1.70. The van der Waals surface area contributed by atoms with Gasteiger partial charge in [-0.3, -0.25) is 9.59 Å². The number of aryl methyl sites for hydroxylation is 2. The SMILES string of the molecule is Cc1cc(Cl)ccc1OCC(=O)NC[C@@H](C)NC(=O)COc1ccc(Cl)cc1C. The van der Waals surface area contributed by atoms with E-state index in [-0.39, 0.29) is 37.6 Å². The van der Waals surface area contributed by atoms with Gasteiger partial charge in [0.2, 0.25) is 0 Å². The molecule has 2 amide bonds. The summed E-state index contributed by atoms with van der Waals surface area (Å²) in [5.74, 6) is 0.628. The van der Waals surface area contributed by atoms with Crippen LogP contribution in [0.5, 0.6) is 11.5 Å². The van der Waals surface area contributed by atoms with Gasteiger partial charge in [0.15, 0.2) is 13.2 Å². The van der Waals surface area contributed by atoms with E-state index >= 15 is 0 Å². The Morgan fingerprint density at radius 3 is 1.86 bits per heavy atom. The third-order valence-corrected chi connectivity index (χ3v) is 4.47. The van der Waals surface area contributed by atoms with Crippen LogP contribution in [0, 0.1) is 13.8 Å². The standard InChI is InChI=1S/C21H24Cl2N2O4/c1-13-8-16(22)4-6-18(13)28-11-20(26)24-10-15(3)25-21(27)12-29-19-7-5-17(23)9-14(19)2/h4-9,15H,10-12H2,1-3H3,(H,24,26)(H,25,27)/t15-/m1/s1. The number of nitrogens with one attached hydrogen (secondary N) is 2. The Balaban J connectivity index is 1.68. The van der Waals surface area contributed by atoms with Crippen LogP contribution in [-0.2, 0) is 9.59 Å². The molecule has 0 unspecified atom stereocenters. The summed E-state index contributed by atoms with van der Waals surface area (Å²) in [5, 5.41) is 6.70. The van der Waals surface area contributed by atoms with Gasteiger partial charge in [-0.1, -0.05) is 23.2 Å². The predicted molar refractivity (Wildman–Crippen MR) is 114 cm³/mol. The highest BCUT2D eigenvalue weighted by Crippen LogP contribution is 2.22. The fraction of sp³-hybridized carbons (Fsp3) is 0.333. The summed E-state index contributed by atoms with van der Waals surface area (Å²) < 4.78 is 11.0. The number of carbonyl (C=O) groups excluding carboxylic acids is 2. The zero-order chi connectivity index (χ0) is 21.4. The number of ether oxygens (including phenoxy) is 2. The van der Waals surface area contributed by atoms with E-state index in [4.69, 9.17) is 32.7 Å². The molecule has 0 saturated carbocycles. The van der Waals surface area contributed by atoms with Crippen LogP contribution in [0.4, 0.5) is 0 Å². The van der Waals surface area contributed by atoms with Crippen molar-refractivity contribution in [2.24, 2.45) is 0 Å². The molecule has 2 N–H and O–H groups in total. The van der Waals surface area contributed by atoms with E-state index in [1.807, 2.05) is 13.8 Å². The van der Waals surface area contributed by atoms with Gasteiger partial charge in [-0.25, -0.2) is 0 Å². The van der Waals surface area contributed by atoms with E-state index < -0.39 is 0 Å². The van der Waals surface area contributed by atoms with Crippen molar-refractivity contribution in [1.29, 1.82) is 0 Å².